The fourth-order valence-corrected chi connectivity index (χ4v) is 4.51. The maximum absolute atomic E-state index is 12.6. The van der Waals surface area contributed by atoms with Crippen molar-refractivity contribution in [1.82, 2.24) is 10.2 Å². The number of fused-ring (bicyclic) bond motifs is 5. The van der Waals surface area contributed by atoms with Crippen molar-refractivity contribution in [2.75, 3.05) is 13.1 Å². The van der Waals surface area contributed by atoms with Gasteiger partial charge < -0.3 is 11.1 Å². The quantitative estimate of drug-likeness (QED) is 0.587. The second-order valence-electron chi connectivity index (χ2n) is 7.51. The van der Waals surface area contributed by atoms with Gasteiger partial charge >= 0.3 is 0 Å². The minimum atomic E-state index is -0.764. The molecule has 2 aliphatic carbocycles. The van der Waals surface area contributed by atoms with Crippen molar-refractivity contribution in [3.05, 3.63) is 47.5 Å². The average molecular weight is 390 g/mol. The summed E-state index contributed by atoms with van der Waals surface area (Å²) in [7, 11) is 0. The molecule has 1 aromatic rings. The zero-order valence-corrected chi connectivity index (χ0v) is 15.9. The lowest BCUT2D eigenvalue weighted by Gasteiger charge is -2.18. The Hall–Kier alpha value is -2.18. The molecule has 3 amide bonds. The van der Waals surface area contributed by atoms with Gasteiger partial charge in [0.25, 0.3) is 0 Å². The Balaban J connectivity index is 0.00000210. The summed E-state index contributed by atoms with van der Waals surface area (Å²) in [5, 5.41) is 2.74. The lowest BCUT2D eigenvalue weighted by Crippen LogP contribution is -2.42. The van der Waals surface area contributed by atoms with Gasteiger partial charge in [-0.25, -0.2) is 0 Å². The highest BCUT2D eigenvalue weighted by Crippen LogP contribution is 2.52. The number of imide groups is 1. The van der Waals surface area contributed by atoms with Crippen LogP contribution in [-0.4, -0.2) is 35.7 Å². The number of amides is 3. The summed E-state index contributed by atoms with van der Waals surface area (Å²) >= 11 is 0. The third kappa shape index (κ3) is 3.28. The van der Waals surface area contributed by atoms with Gasteiger partial charge in [-0.3, -0.25) is 19.3 Å². The number of likely N-dealkylation sites (tertiary alicyclic amines) is 1. The first-order valence-corrected chi connectivity index (χ1v) is 9.11. The van der Waals surface area contributed by atoms with Gasteiger partial charge in [0.2, 0.25) is 17.7 Å². The smallest absolute Gasteiger partial charge is 0.241 e. The second-order valence-corrected chi connectivity index (χ2v) is 7.51. The Morgan fingerprint density at radius 2 is 1.70 bits per heavy atom. The van der Waals surface area contributed by atoms with E-state index in [4.69, 9.17) is 5.73 Å². The molecule has 7 heteroatoms. The number of nitrogens with zero attached hydrogens (tertiary/aromatic N) is 1. The number of carbonyl (C=O) groups is 3. The van der Waals surface area contributed by atoms with Crippen LogP contribution in [0.5, 0.6) is 0 Å². The summed E-state index contributed by atoms with van der Waals surface area (Å²) in [6, 6.07) is 6.71. The highest BCUT2D eigenvalue weighted by Gasteiger charge is 2.58. The van der Waals surface area contributed by atoms with Crippen molar-refractivity contribution in [3.63, 3.8) is 0 Å². The van der Waals surface area contributed by atoms with E-state index in [1.165, 1.54) is 4.90 Å². The van der Waals surface area contributed by atoms with Gasteiger partial charge in [0.05, 0.1) is 11.8 Å². The molecule has 27 heavy (non-hydrogen) atoms. The Morgan fingerprint density at radius 3 is 2.26 bits per heavy atom. The first-order chi connectivity index (χ1) is 12.5. The largest absolute Gasteiger partial charge is 0.353 e. The number of aryl methyl sites for hydroxylation is 1. The molecule has 0 aromatic heterocycles. The second kappa shape index (κ2) is 7.44. The van der Waals surface area contributed by atoms with E-state index < -0.39 is 6.04 Å². The number of rotatable bonds is 5. The summed E-state index contributed by atoms with van der Waals surface area (Å²) in [5.41, 5.74) is 7.82. The summed E-state index contributed by atoms with van der Waals surface area (Å²) in [6.07, 6.45) is 5.06. The van der Waals surface area contributed by atoms with Crippen LogP contribution in [0.2, 0.25) is 0 Å². The predicted octanol–water partition coefficient (Wildman–Crippen LogP) is 1.34. The highest BCUT2D eigenvalue weighted by atomic mass is 35.5. The molecule has 1 saturated carbocycles. The van der Waals surface area contributed by atoms with E-state index in [9.17, 15) is 14.4 Å². The van der Waals surface area contributed by atoms with Gasteiger partial charge in [-0.2, -0.15) is 0 Å². The first kappa shape index (κ1) is 19.6. The molecule has 144 valence electrons. The van der Waals surface area contributed by atoms with Crippen molar-refractivity contribution in [3.8, 4) is 0 Å². The van der Waals surface area contributed by atoms with Crippen LogP contribution >= 0.6 is 12.4 Å². The Labute approximate surface area is 164 Å². The van der Waals surface area contributed by atoms with Crippen molar-refractivity contribution in [2.45, 2.75) is 19.4 Å². The number of nitrogens with two attached hydrogens (primary N) is 1. The van der Waals surface area contributed by atoms with E-state index in [0.717, 1.165) is 17.5 Å². The van der Waals surface area contributed by atoms with Gasteiger partial charge in [-0.1, -0.05) is 42.0 Å². The van der Waals surface area contributed by atoms with Crippen molar-refractivity contribution in [1.29, 1.82) is 0 Å². The van der Waals surface area contributed by atoms with E-state index in [-0.39, 0.29) is 66.9 Å². The van der Waals surface area contributed by atoms with Crippen molar-refractivity contribution in [2.24, 2.45) is 29.4 Å². The number of allylic oxidation sites excluding steroid dienone is 2. The molecule has 4 rings (SSSR count). The third-order valence-corrected chi connectivity index (χ3v) is 5.92. The van der Waals surface area contributed by atoms with Crippen LogP contribution in [0.25, 0.3) is 0 Å². The maximum atomic E-state index is 12.6. The molecular formula is C20H24ClN3O3. The minimum Gasteiger partial charge on any atom is -0.353 e. The standard InChI is InChI=1S/C20H23N3O3.ClH/c1-11-2-4-12(5-3-11)17(21)18(24)22-8-9-23-19(25)15-13-6-7-14(10-13)16(15)20(23)26;/h2-7,13-17H,8-10,21H2,1H3,(H,22,24);1H. The van der Waals surface area contributed by atoms with Gasteiger partial charge in [0.1, 0.15) is 6.04 Å². The fourth-order valence-electron chi connectivity index (χ4n) is 4.51. The molecule has 5 unspecified atom stereocenters. The van der Waals surface area contributed by atoms with E-state index in [1.54, 1.807) is 0 Å². The third-order valence-electron chi connectivity index (χ3n) is 5.92. The van der Waals surface area contributed by atoms with E-state index >= 15 is 0 Å². The van der Waals surface area contributed by atoms with Crippen LogP contribution < -0.4 is 11.1 Å². The molecule has 2 fully saturated rings. The molecule has 6 nitrogen and oxygen atoms in total. The molecule has 1 aliphatic heterocycles. The molecular weight excluding hydrogens is 366 g/mol. The molecule has 3 N–H and O–H groups in total. The summed E-state index contributed by atoms with van der Waals surface area (Å²) in [4.78, 5) is 38.7. The number of hydrogen-bond donors (Lipinski definition) is 2. The molecule has 3 aliphatic rings. The predicted molar refractivity (Wildman–Crippen MR) is 103 cm³/mol. The number of benzene rings is 1. The van der Waals surface area contributed by atoms with Crippen molar-refractivity contribution >= 4 is 30.1 Å². The lowest BCUT2D eigenvalue weighted by atomic mass is 9.85. The monoisotopic (exact) mass is 389 g/mol. The maximum Gasteiger partial charge on any atom is 0.241 e. The van der Waals surface area contributed by atoms with E-state index in [0.29, 0.717) is 0 Å². The number of carbonyl (C=O) groups excluding carboxylic acids is 3. The molecule has 1 saturated heterocycles. The van der Waals surface area contributed by atoms with Gasteiger partial charge in [0.15, 0.2) is 0 Å². The number of nitrogens with one attached hydrogen (secondary N) is 1. The van der Waals surface area contributed by atoms with E-state index in [1.807, 2.05) is 31.2 Å². The van der Waals surface area contributed by atoms with Crippen LogP contribution in [0.3, 0.4) is 0 Å². The topological polar surface area (TPSA) is 92.5 Å². The Bertz CT molecular complexity index is 762. The molecule has 5 atom stereocenters. The van der Waals surface area contributed by atoms with Gasteiger partial charge in [-0.15, -0.1) is 12.4 Å². The summed E-state index contributed by atoms with van der Waals surface area (Å²) in [5.74, 6) is -0.462. The molecule has 2 bridgehead atoms. The average Bonchev–Trinajstić information content (AvgIpc) is 3.31. The molecule has 0 spiro atoms. The van der Waals surface area contributed by atoms with Crippen LogP contribution in [0.15, 0.2) is 36.4 Å². The Morgan fingerprint density at radius 1 is 1.15 bits per heavy atom. The highest BCUT2D eigenvalue weighted by molar-refractivity contribution is 6.06. The Kier molecular flexibility index (Phi) is 5.40. The zero-order valence-electron chi connectivity index (χ0n) is 15.1. The number of halogens is 1. The van der Waals surface area contributed by atoms with Crippen molar-refractivity contribution < 1.29 is 14.4 Å². The van der Waals surface area contributed by atoms with Crippen LogP contribution in [0.4, 0.5) is 0 Å². The van der Waals surface area contributed by atoms with E-state index in [2.05, 4.69) is 17.5 Å². The summed E-state index contributed by atoms with van der Waals surface area (Å²) < 4.78 is 0. The van der Waals surface area contributed by atoms with Gasteiger partial charge in [-0.05, 0) is 30.7 Å². The van der Waals surface area contributed by atoms with Crippen LogP contribution in [0, 0.1) is 30.6 Å². The molecule has 1 heterocycles. The fraction of sp³-hybridized carbons (Fsp3) is 0.450. The normalized spacial score (nSPS) is 28.9. The first-order valence-electron chi connectivity index (χ1n) is 9.11. The van der Waals surface area contributed by atoms with Gasteiger partial charge in [0, 0.05) is 13.1 Å². The lowest BCUT2D eigenvalue weighted by molar-refractivity contribution is -0.141. The summed E-state index contributed by atoms with van der Waals surface area (Å²) in [6.45, 7) is 2.39. The number of hydrogen-bond acceptors (Lipinski definition) is 4. The molecule has 0 radical (unpaired) electrons. The molecule has 1 aromatic carbocycles. The SMILES string of the molecule is Cc1ccc(C(N)C(=O)NCCN2C(=O)C3C4C=CC(C4)C3C2=O)cc1.Cl. The zero-order chi connectivity index (χ0) is 18.4. The van der Waals surface area contributed by atoms with Crippen LogP contribution in [-0.2, 0) is 14.4 Å². The minimum absolute atomic E-state index is 0. The van der Waals surface area contributed by atoms with Crippen LogP contribution in [0.1, 0.15) is 23.6 Å².